The number of carboxylic acid groups (broad SMARTS) is 1. The van der Waals surface area contributed by atoms with E-state index in [9.17, 15) is 19.5 Å². The lowest BCUT2D eigenvalue weighted by molar-refractivity contribution is -0.671. The van der Waals surface area contributed by atoms with Gasteiger partial charge in [-0.25, -0.2) is 4.79 Å². The molecule has 10 nitrogen and oxygen atoms in total. The maximum absolute atomic E-state index is 13.4. The van der Waals surface area contributed by atoms with E-state index in [-0.39, 0.29) is 18.7 Å². The molecule has 3 aromatic carbocycles. The zero-order valence-electron chi connectivity index (χ0n) is 33.1. The molecule has 0 saturated carbocycles. The second-order valence-electron chi connectivity index (χ2n) is 15.0. The van der Waals surface area contributed by atoms with Gasteiger partial charge >= 0.3 is 5.97 Å². The van der Waals surface area contributed by atoms with Crippen LogP contribution < -0.4 is 25.8 Å². The van der Waals surface area contributed by atoms with Crippen LogP contribution in [0.2, 0.25) is 0 Å². The van der Waals surface area contributed by atoms with Crippen molar-refractivity contribution in [3.8, 4) is 0 Å². The van der Waals surface area contributed by atoms with Crippen molar-refractivity contribution >= 4 is 63.1 Å². The molecule has 2 aromatic heterocycles. The molecule has 6 N–H and O–H groups in total. The monoisotopic (exact) mass is 789 g/mol. The summed E-state index contributed by atoms with van der Waals surface area (Å²) in [6.45, 7) is 1.44. The predicted octanol–water partition coefficient (Wildman–Crippen LogP) is 8.09. The zero-order chi connectivity index (χ0) is 40.0. The Morgan fingerprint density at radius 1 is 0.825 bits per heavy atom. The first-order valence-electron chi connectivity index (χ1n) is 20.5. The summed E-state index contributed by atoms with van der Waals surface area (Å²) < 4.78 is 2.38. The van der Waals surface area contributed by atoms with Crippen molar-refractivity contribution in [2.24, 2.45) is 5.73 Å². The fraction of sp³-hybridized carbons (Fsp3) is 0.391. The summed E-state index contributed by atoms with van der Waals surface area (Å²) in [5.74, 6) is -1.79. The molecule has 0 fully saturated rings. The molecule has 11 heteroatoms. The number of nitrogens with zero attached hydrogens (tertiary/aromatic N) is 2. The lowest BCUT2D eigenvalue weighted by atomic mass is 10.0. The summed E-state index contributed by atoms with van der Waals surface area (Å²) >= 11 is 1.82. The van der Waals surface area contributed by atoms with Gasteiger partial charge in [-0.05, 0) is 80.1 Å². The number of amides is 2. The molecule has 0 saturated heterocycles. The van der Waals surface area contributed by atoms with Gasteiger partial charge in [0, 0.05) is 60.4 Å². The van der Waals surface area contributed by atoms with Gasteiger partial charge in [0.2, 0.25) is 17.3 Å². The van der Waals surface area contributed by atoms with Crippen molar-refractivity contribution in [1.82, 2.24) is 15.6 Å². The number of carbonyl (C=O) groups excluding carboxylic acids is 2. The van der Waals surface area contributed by atoms with Gasteiger partial charge < -0.3 is 31.4 Å². The standard InChI is InChI=1S/C46H56N6O4S/c1-51-41-23-13-14-24-42(41)57-44(51)31-33-26-29-52(40-22-12-10-19-36(33)40)28-17-7-5-3-2-4-6-8-25-43(53)49-39(30-34-32-48-37-20-11-9-18-35(34)37)45(54)50-38(46(55)56)21-15-16-27-47/h9-14,18-20,22-24,26,29,31-32,38-39,48H,2-8,15-17,21,25,27-28,30,47H2,1H3,(H2-,49,50,53,54,55,56)/p+1/t38-,39-/m0/s1. The second-order valence-corrected chi connectivity index (χ2v) is 16.1. The number of rotatable bonds is 22. The highest BCUT2D eigenvalue weighted by molar-refractivity contribution is 8.03. The van der Waals surface area contributed by atoms with Crippen molar-refractivity contribution < 1.29 is 24.1 Å². The Hall–Kier alpha value is -5.13. The minimum absolute atomic E-state index is 0.199. The van der Waals surface area contributed by atoms with Crippen LogP contribution in [0.4, 0.5) is 5.69 Å². The molecule has 300 valence electrons. The highest BCUT2D eigenvalue weighted by Crippen LogP contribution is 2.45. The second kappa shape index (κ2) is 20.9. The number of aliphatic carboxylic acids is 1. The number of thioether (sulfide) groups is 1. The molecular weight excluding hydrogens is 733 g/mol. The molecule has 0 radical (unpaired) electrons. The van der Waals surface area contributed by atoms with Gasteiger partial charge in [0.15, 0.2) is 6.20 Å². The summed E-state index contributed by atoms with van der Waals surface area (Å²) in [5.41, 5.74) is 11.1. The first kappa shape index (κ1) is 41.5. The van der Waals surface area contributed by atoms with Crippen LogP contribution in [-0.4, -0.2) is 53.6 Å². The Labute approximate surface area is 340 Å². The number of unbranched alkanes of at least 4 members (excludes halogenated alkanes) is 8. The Bertz CT molecular complexity index is 2170. The molecule has 2 amide bonds. The summed E-state index contributed by atoms with van der Waals surface area (Å²) in [7, 11) is 2.14. The molecule has 5 aromatic rings. The maximum atomic E-state index is 13.4. The molecule has 2 atom stereocenters. The molecule has 3 heterocycles. The number of pyridine rings is 1. The average Bonchev–Trinajstić information content (AvgIpc) is 3.78. The van der Waals surface area contributed by atoms with Crippen LogP contribution in [-0.2, 0) is 27.3 Å². The molecule has 0 aliphatic carbocycles. The SMILES string of the molecule is CN1C(=Cc2cc[n+](CCCCCCCCCCC(=O)N[C@@H](Cc3c[nH]c4ccccc34)C(=O)N[C@@H](CCCCN)C(=O)O)c3ccccc23)Sc2ccccc21. The van der Waals surface area contributed by atoms with Crippen LogP contribution in [0.15, 0.2) is 101 Å². The van der Waals surface area contributed by atoms with Crippen molar-refractivity contribution in [3.63, 3.8) is 0 Å². The van der Waals surface area contributed by atoms with E-state index in [2.05, 4.69) is 99.0 Å². The molecule has 1 aliphatic heterocycles. The smallest absolute Gasteiger partial charge is 0.326 e. The Morgan fingerprint density at radius 3 is 2.30 bits per heavy atom. The molecule has 6 rings (SSSR count). The number of hydrogen-bond donors (Lipinski definition) is 5. The van der Waals surface area contributed by atoms with Gasteiger partial charge in [-0.3, -0.25) is 9.59 Å². The number of fused-ring (bicyclic) bond motifs is 3. The predicted molar refractivity (Wildman–Crippen MR) is 231 cm³/mol. The van der Waals surface area contributed by atoms with Crippen molar-refractivity contribution in [2.75, 3.05) is 18.5 Å². The molecular formula is C46H57N6O4S+. The van der Waals surface area contributed by atoms with E-state index >= 15 is 0 Å². The molecule has 0 spiro atoms. The highest BCUT2D eigenvalue weighted by Gasteiger charge is 2.27. The third-order valence-corrected chi connectivity index (χ3v) is 12.0. The largest absolute Gasteiger partial charge is 0.480 e. The number of hydrogen-bond acceptors (Lipinski definition) is 6. The number of benzene rings is 3. The average molecular weight is 790 g/mol. The Morgan fingerprint density at radius 2 is 1.53 bits per heavy atom. The maximum Gasteiger partial charge on any atom is 0.326 e. The third kappa shape index (κ3) is 11.3. The normalized spacial score (nSPS) is 14.2. The summed E-state index contributed by atoms with van der Waals surface area (Å²) in [5, 5.41) is 18.8. The van der Waals surface area contributed by atoms with Gasteiger partial charge in [-0.1, -0.05) is 86.3 Å². The zero-order valence-corrected chi connectivity index (χ0v) is 33.9. The minimum Gasteiger partial charge on any atom is -0.480 e. The number of para-hydroxylation sites is 3. The fourth-order valence-electron chi connectivity index (χ4n) is 7.66. The van der Waals surface area contributed by atoms with Crippen LogP contribution >= 0.6 is 11.8 Å². The van der Waals surface area contributed by atoms with Crippen LogP contribution in [0.25, 0.3) is 27.9 Å². The van der Waals surface area contributed by atoms with Gasteiger partial charge in [0.1, 0.15) is 18.6 Å². The van der Waals surface area contributed by atoms with E-state index in [0.717, 1.165) is 55.1 Å². The first-order chi connectivity index (χ1) is 27.8. The molecule has 1 aliphatic rings. The third-order valence-electron chi connectivity index (χ3n) is 10.9. The fourth-order valence-corrected chi connectivity index (χ4v) is 8.76. The number of carbonyl (C=O) groups is 3. The number of aromatic nitrogens is 2. The summed E-state index contributed by atoms with van der Waals surface area (Å²) in [4.78, 5) is 45.2. The van der Waals surface area contributed by atoms with E-state index < -0.39 is 24.0 Å². The highest BCUT2D eigenvalue weighted by atomic mass is 32.2. The number of carboxylic acids is 1. The summed E-state index contributed by atoms with van der Waals surface area (Å²) in [6, 6.07) is 25.3. The molecule has 57 heavy (non-hydrogen) atoms. The summed E-state index contributed by atoms with van der Waals surface area (Å²) in [6.07, 6.45) is 17.0. The number of nitrogens with one attached hydrogen (secondary N) is 3. The quantitative estimate of drug-likeness (QED) is 0.0352. The lowest BCUT2D eigenvalue weighted by Gasteiger charge is -2.21. The Kier molecular flexibility index (Phi) is 15.2. The van der Waals surface area contributed by atoms with Crippen LogP contribution in [0.3, 0.4) is 0 Å². The number of H-pyrrole nitrogens is 1. The van der Waals surface area contributed by atoms with E-state index in [0.29, 0.717) is 25.8 Å². The number of aryl methyl sites for hydroxylation is 1. The van der Waals surface area contributed by atoms with Gasteiger partial charge in [0.05, 0.1) is 16.1 Å². The van der Waals surface area contributed by atoms with Crippen LogP contribution in [0.5, 0.6) is 0 Å². The van der Waals surface area contributed by atoms with Crippen molar-refractivity contribution in [3.05, 3.63) is 107 Å². The Balaban J connectivity index is 0.913. The van der Waals surface area contributed by atoms with Gasteiger partial charge in [-0.2, -0.15) is 4.57 Å². The van der Waals surface area contributed by atoms with E-state index in [1.807, 2.05) is 42.2 Å². The molecule has 0 bridgehead atoms. The van der Waals surface area contributed by atoms with E-state index in [4.69, 9.17) is 5.73 Å². The van der Waals surface area contributed by atoms with Gasteiger partial charge in [0.25, 0.3) is 0 Å². The first-order valence-corrected chi connectivity index (χ1v) is 21.3. The lowest BCUT2D eigenvalue weighted by Crippen LogP contribution is -2.52. The van der Waals surface area contributed by atoms with Crippen molar-refractivity contribution in [2.45, 2.75) is 107 Å². The van der Waals surface area contributed by atoms with Gasteiger partial charge in [-0.15, -0.1) is 0 Å². The van der Waals surface area contributed by atoms with Crippen LogP contribution in [0.1, 0.15) is 88.2 Å². The van der Waals surface area contributed by atoms with E-state index in [1.54, 1.807) is 0 Å². The number of anilines is 1. The van der Waals surface area contributed by atoms with Crippen LogP contribution in [0, 0.1) is 0 Å². The topological polar surface area (TPSA) is 144 Å². The number of aromatic amines is 1. The molecule has 0 unspecified atom stereocenters. The minimum atomic E-state index is -1.09. The van der Waals surface area contributed by atoms with E-state index in [1.165, 1.54) is 51.3 Å². The number of nitrogens with two attached hydrogens (primary N) is 1. The van der Waals surface area contributed by atoms with Crippen molar-refractivity contribution in [1.29, 1.82) is 0 Å².